The van der Waals surface area contributed by atoms with Gasteiger partial charge in [-0.15, -0.1) is 0 Å². The molecule has 1 aliphatic rings. The summed E-state index contributed by atoms with van der Waals surface area (Å²) in [5.74, 6) is 0.858. The lowest BCUT2D eigenvalue weighted by Gasteiger charge is -2.18. The quantitative estimate of drug-likeness (QED) is 0.382. The molecule has 5 rings (SSSR count). The number of aromatic nitrogens is 4. The number of hydrogen-bond donors (Lipinski definition) is 3. The highest BCUT2D eigenvalue weighted by molar-refractivity contribution is 6.35. The predicted octanol–water partition coefficient (Wildman–Crippen LogP) is 3.97. The van der Waals surface area contributed by atoms with Gasteiger partial charge in [0.2, 0.25) is 0 Å². The Morgan fingerprint density at radius 2 is 1.97 bits per heavy atom. The predicted molar refractivity (Wildman–Crippen MR) is 124 cm³/mol. The van der Waals surface area contributed by atoms with E-state index in [4.69, 9.17) is 23.2 Å². The van der Waals surface area contributed by atoms with Crippen LogP contribution in [0.4, 0.5) is 5.82 Å². The summed E-state index contributed by atoms with van der Waals surface area (Å²) in [6.07, 6.45) is 5.28. The molecule has 0 saturated carbocycles. The normalized spacial score (nSPS) is 14.4. The maximum absolute atomic E-state index is 12.8. The molecule has 0 saturated heterocycles. The fourth-order valence-corrected chi connectivity index (χ4v) is 4.11. The first kappa shape index (κ1) is 20.7. The van der Waals surface area contributed by atoms with Crippen LogP contribution in [0.15, 0.2) is 48.8 Å². The third-order valence-electron chi connectivity index (χ3n) is 5.35. The van der Waals surface area contributed by atoms with Crippen molar-refractivity contribution < 1.29 is 9.90 Å². The van der Waals surface area contributed by atoms with Crippen LogP contribution in [0.25, 0.3) is 21.9 Å². The molecule has 0 radical (unpaired) electrons. The van der Waals surface area contributed by atoms with Crippen molar-refractivity contribution in [1.82, 2.24) is 24.8 Å². The molecule has 0 fully saturated rings. The Bertz CT molecular complexity index is 1360. The topological polar surface area (TPSA) is 107 Å². The van der Waals surface area contributed by atoms with Gasteiger partial charge in [0, 0.05) is 23.5 Å². The van der Waals surface area contributed by atoms with Crippen molar-refractivity contribution in [2.45, 2.75) is 6.04 Å². The van der Waals surface area contributed by atoms with Gasteiger partial charge in [0.15, 0.2) is 0 Å². The molecule has 3 heterocycles. The number of nitrogens with one attached hydrogen (secondary N) is 2. The molecule has 0 spiro atoms. The third kappa shape index (κ3) is 3.77. The number of carbonyl (C=O) groups is 1. The number of hydrogen-bond acceptors (Lipinski definition) is 6. The summed E-state index contributed by atoms with van der Waals surface area (Å²) in [5.41, 5.74) is 2.46. The SMILES string of the molecule is O=C(c1cc2ncnc(N[C@H](CO)c3nc4cc(Cl)ccc4[nH]3)c2cc1Cl)N1CC=CC1. The molecule has 1 aliphatic heterocycles. The minimum atomic E-state index is -0.560. The number of fused-ring (bicyclic) bond motifs is 2. The van der Waals surface area contributed by atoms with Crippen molar-refractivity contribution in [2.75, 3.05) is 25.0 Å². The van der Waals surface area contributed by atoms with Gasteiger partial charge in [-0.2, -0.15) is 0 Å². The molecule has 4 aromatic rings. The molecular formula is C22H18Cl2N6O2. The van der Waals surface area contributed by atoms with Crippen molar-refractivity contribution in [3.05, 3.63) is 70.2 Å². The fourth-order valence-electron chi connectivity index (χ4n) is 3.70. The van der Waals surface area contributed by atoms with Crippen molar-refractivity contribution >= 4 is 56.9 Å². The zero-order valence-electron chi connectivity index (χ0n) is 16.7. The number of nitrogens with zero attached hydrogens (tertiary/aromatic N) is 4. The molecule has 3 N–H and O–H groups in total. The third-order valence-corrected chi connectivity index (χ3v) is 5.89. The monoisotopic (exact) mass is 468 g/mol. The highest BCUT2D eigenvalue weighted by atomic mass is 35.5. The van der Waals surface area contributed by atoms with E-state index in [2.05, 4.69) is 25.3 Å². The summed E-state index contributed by atoms with van der Waals surface area (Å²) in [4.78, 5) is 30.8. The Hall–Kier alpha value is -3.20. The molecule has 8 nitrogen and oxygen atoms in total. The number of carbonyl (C=O) groups excluding carboxylic acids is 1. The van der Waals surface area contributed by atoms with Crippen LogP contribution in [0.2, 0.25) is 10.0 Å². The van der Waals surface area contributed by atoms with E-state index in [-0.39, 0.29) is 12.5 Å². The van der Waals surface area contributed by atoms with Gasteiger partial charge in [-0.3, -0.25) is 4.79 Å². The van der Waals surface area contributed by atoms with E-state index in [1.807, 2.05) is 18.2 Å². The number of aliphatic hydroxyl groups excluding tert-OH is 1. The highest BCUT2D eigenvalue weighted by Crippen LogP contribution is 2.30. The van der Waals surface area contributed by atoms with Crippen LogP contribution in [0.3, 0.4) is 0 Å². The molecule has 2 aromatic heterocycles. The number of aliphatic hydroxyl groups is 1. The van der Waals surface area contributed by atoms with Gasteiger partial charge < -0.3 is 20.3 Å². The summed E-state index contributed by atoms with van der Waals surface area (Å²) in [7, 11) is 0. The van der Waals surface area contributed by atoms with Gasteiger partial charge in [-0.1, -0.05) is 35.4 Å². The number of rotatable bonds is 5. The molecule has 1 amide bonds. The Balaban J connectivity index is 1.48. The highest BCUT2D eigenvalue weighted by Gasteiger charge is 2.22. The van der Waals surface area contributed by atoms with Gasteiger partial charge in [0.1, 0.15) is 24.0 Å². The molecule has 0 bridgehead atoms. The zero-order valence-corrected chi connectivity index (χ0v) is 18.2. The summed E-state index contributed by atoms with van der Waals surface area (Å²) >= 11 is 12.5. The molecule has 10 heteroatoms. The smallest absolute Gasteiger partial charge is 0.256 e. The van der Waals surface area contributed by atoms with E-state index >= 15 is 0 Å². The van der Waals surface area contributed by atoms with Crippen LogP contribution in [-0.4, -0.2) is 55.5 Å². The second-order valence-electron chi connectivity index (χ2n) is 7.42. The number of benzene rings is 2. The van der Waals surface area contributed by atoms with Crippen molar-refractivity contribution in [3.63, 3.8) is 0 Å². The molecule has 0 aliphatic carbocycles. The lowest BCUT2D eigenvalue weighted by Crippen LogP contribution is -2.28. The minimum Gasteiger partial charge on any atom is -0.394 e. The summed E-state index contributed by atoms with van der Waals surface area (Å²) in [6.45, 7) is 0.890. The Labute approximate surface area is 192 Å². The summed E-state index contributed by atoms with van der Waals surface area (Å²) in [5, 5.41) is 14.7. The molecule has 2 aromatic carbocycles. The number of H-pyrrole nitrogens is 1. The van der Waals surface area contributed by atoms with E-state index in [9.17, 15) is 9.90 Å². The Morgan fingerprint density at radius 3 is 2.75 bits per heavy atom. The second kappa shape index (κ2) is 8.38. The van der Waals surface area contributed by atoms with Gasteiger partial charge in [-0.25, -0.2) is 15.0 Å². The first-order chi connectivity index (χ1) is 15.5. The number of halogens is 2. The van der Waals surface area contributed by atoms with Crippen LogP contribution < -0.4 is 5.32 Å². The maximum atomic E-state index is 12.8. The van der Waals surface area contributed by atoms with Crippen molar-refractivity contribution in [3.8, 4) is 0 Å². The van der Waals surface area contributed by atoms with E-state index in [0.717, 1.165) is 5.52 Å². The van der Waals surface area contributed by atoms with Crippen LogP contribution in [0.5, 0.6) is 0 Å². The molecule has 32 heavy (non-hydrogen) atoms. The number of imidazole rings is 1. The van der Waals surface area contributed by atoms with Crippen LogP contribution in [0.1, 0.15) is 22.2 Å². The average Bonchev–Trinajstić information content (AvgIpc) is 3.46. The van der Waals surface area contributed by atoms with Gasteiger partial charge in [0.05, 0.1) is 33.7 Å². The van der Waals surface area contributed by atoms with E-state index in [1.54, 1.807) is 29.2 Å². The van der Waals surface area contributed by atoms with Gasteiger partial charge in [0.25, 0.3) is 5.91 Å². The second-order valence-corrected chi connectivity index (χ2v) is 8.26. The van der Waals surface area contributed by atoms with E-state index in [1.165, 1.54) is 6.33 Å². The first-order valence-electron chi connectivity index (χ1n) is 9.94. The molecule has 162 valence electrons. The Morgan fingerprint density at radius 1 is 1.16 bits per heavy atom. The van der Waals surface area contributed by atoms with Gasteiger partial charge in [-0.05, 0) is 30.3 Å². The summed E-state index contributed by atoms with van der Waals surface area (Å²) in [6, 6.07) is 8.13. The van der Waals surface area contributed by atoms with Crippen LogP contribution in [0, 0.1) is 0 Å². The van der Waals surface area contributed by atoms with Crippen molar-refractivity contribution in [1.29, 1.82) is 0 Å². The summed E-state index contributed by atoms with van der Waals surface area (Å²) < 4.78 is 0. The maximum Gasteiger partial charge on any atom is 0.256 e. The molecular weight excluding hydrogens is 451 g/mol. The number of amides is 1. The molecule has 1 atom stereocenters. The van der Waals surface area contributed by atoms with Gasteiger partial charge >= 0.3 is 0 Å². The largest absolute Gasteiger partial charge is 0.394 e. The van der Waals surface area contributed by atoms with E-state index < -0.39 is 6.04 Å². The van der Waals surface area contributed by atoms with Crippen molar-refractivity contribution in [2.24, 2.45) is 0 Å². The fraction of sp³-hybridized carbons (Fsp3) is 0.182. The lowest BCUT2D eigenvalue weighted by molar-refractivity contribution is 0.0800. The minimum absolute atomic E-state index is 0.149. The zero-order chi connectivity index (χ0) is 22.2. The number of anilines is 1. The lowest BCUT2D eigenvalue weighted by atomic mass is 10.1. The van der Waals surface area contributed by atoms with Crippen LogP contribution in [-0.2, 0) is 0 Å². The first-order valence-corrected chi connectivity index (χ1v) is 10.7. The number of aromatic amines is 1. The molecule has 0 unspecified atom stereocenters. The van der Waals surface area contributed by atoms with E-state index in [0.29, 0.717) is 56.8 Å². The van der Waals surface area contributed by atoms with Crippen LogP contribution >= 0.6 is 23.2 Å². The Kier molecular flexibility index (Phi) is 5.42. The standard InChI is InChI=1S/C22H18Cl2N6O2/c23-12-3-4-16-18(7-12)28-21(27-16)19(10-31)29-20-14-8-15(24)13(9-17(14)25-11-26-20)22(32)30-5-1-2-6-30/h1-4,7-9,11,19,31H,5-6,10H2,(H,27,28)(H,25,26,29)/t19-/m1/s1. The average molecular weight is 469 g/mol.